The molecule has 7 heteroatoms. The standard InChI is InChI=1S/C21H15NO4S2/c1-27-17-8-4-3-7-16(17)22-21(24)13-10-11-15-19(12-13)28(25,26)18-9-5-2-6-14(18)20(15)23/h2-12H,1H3,(H,22,24). The van der Waals surface area contributed by atoms with Crippen LogP contribution in [-0.2, 0) is 9.84 Å². The van der Waals surface area contributed by atoms with Crippen LogP contribution in [-0.4, -0.2) is 26.4 Å². The number of anilines is 1. The van der Waals surface area contributed by atoms with E-state index in [4.69, 9.17) is 0 Å². The Balaban J connectivity index is 1.76. The lowest BCUT2D eigenvalue weighted by atomic mass is 10.0. The minimum Gasteiger partial charge on any atom is -0.321 e. The van der Waals surface area contributed by atoms with Crippen molar-refractivity contribution in [2.24, 2.45) is 0 Å². The summed E-state index contributed by atoms with van der Waals surface area (Å²) in [6.45, 7) is 0. The van der Waals surface area contributed by atoms with Crippen molar-refractivity contribution in [3.8, 4) is 0 Å². The molecule has 0 radical (unpaired) electrons. The molecule has 0 saturated carbocycles. The van der Waals surface area contributed by atoms with E-state index in [1.807, 2.05) is 24.5 Å². The molecule has 0 spiro atoms. The van der Waals surface area contributed by atoms with Crippen LogP contribution in [0.5, 0.6) is 0 Å². The number of carbonyl (C=O) groups excluding carboxylic acids is 2. The second-order valence-corrected chi connectivity index (χ2v) is 8.93. The molecule has 1 N–H and O–H groups in total. The number of para-hydroxylation sites is 1. The van der Waals surface area contributed by atoms with Crippen molar-refractivity contribution in [2.45, 2.75) is 14.7 Å². The number of rotatable bonds is 3. The highest BCUT2D eigenvalue weighted by atomic mass is 32.2. The normalized spacial score (nSPS) is 14.1. The number of nitrogens with one attached hydrogen (secondary N) is 1. The average molecular weight is 409 g/mol. The van der Waals surface area contributed by atoms with Gasteiger partial charge in [-0.3, -0.25) is 9.59 Å². The number of amides is 1. The molecule has 1 heterocycles. The second kappa shape index (κ2) is 6.92. The van der Waals surface area contributed by atoms with E-state index in [0.717, 1.165) is 4.90 Å². The summed E-state index contributed by atoms with van der Waals surface area (Å²) < 4.78 is 26.0. The van der Waals surface area contributed by atoms with E-state index in [2.05, 4.69) is 5.32 Å². The molecule has 0 aromatic heterocycles. The second-order valence-electron chi connectivity index (χ2n) is 6.19. The van der Waals surface area contributed by atoms with Gasteiger partial charge in [0.15, 0.2) is 5.78 Å². The lowest BCUT2D eigenvalue weighted by Gasteiger charge is -2.19. The largest absolute Gasteiger partial charge is 0.321 e. The van der Waals surface area contributed by atoms with Gasteiger partial charge in [-0.25, -0.2) is 8.42 Å². The molecule has 140 valence electrons. The van der Waals surface area contributed by atoms with Crippen molar-refractivity contribution >= 4 is 39.0 Å². The third-order valence-corrected chi connectivity index (χ3v) is 7.20. The molecule has 5 nitrogen and oxygen atoms in total. The third-order valence-electron chi connectivity index (χ3n) is 4.55. The summed E-state index contributed by atoms with van der Waals surface area (Å²) >= 11 is 1.49. The number of ketones is 1. The fraction of sp³-hybridized carbons (Fsp3) is 0.0476. The molecule has 0 unspecified atom stereocenters. The van der Waals surface area contributed by atoms with Crippen LogP contribution >= 0.6 is 11.8 Å². The van der Waals surface area contributed by atoms with Gasteiger partial charge in [0, 0.05) is 21.6 Å². The summed E-state index contributed by atoms with van der Waals surface area (Å²) in [6.07, 6.45) is 1.90. The quantitative estimate of drug-likeness (QED) is 0.517. The number of thioether (sulfide) groups is 1. The summed E-state index contributed by atoms with van der Waals surface area (Å²) in [4.78, 5) is 26.1. The Kier molecular flexibility index (Phi) is 4.56. The zero-order chi connectivity index (χ0) is 19.9. The van der Waals surface area contributed by atoms with Crippen LogP contribution in [0, 0.1) is 0 Å². The van der Waals surface area contributed by atoms with Crippen molar-refractivity contribution in [3.05, 3.63) is 83.4 Å². The van der Waals surface area contributed by atoms with E-state index in [-0.39, 0.29) is 32.3 Å². The molecule has 3 aromatic rings. The zero-order valence-electron chi connectivity index (χ0n) is 14.8. The number of carbonyl (C=O) groups is 2. The summed E-state index contributed by atoms with van der Waals surface area (Å²) in [5, 5.41) is 2.80. The molecule has 3 aromatic carbocycles. The maximum Gasteiger partial charge on any atom is 0.255 e. The van der Waals surface area contributed by atoms with Gasteiger partial charge in [-0.15, -0.1) is 11.8 Å². The van der Waals surface area contributed by atoms with Crippen molar-refractivity contribution in [1.82, 2.24) is 0 Å². The number of hydrogen-bond acceptors (Lipinski definition) is 5. The lowest BCUT2D eigenvalue weighted by Crippen LogP contribution is -2.21. The predicted molar refractivity (Wildman–Crippen MR) is 108 cm³/mol. The lowest BCUT2D eigenvalue weighted by molar-refractivity contribution is 0.101. The Morgan fingerprint density at radius 3 is 2.36 bits per heavy atom. The summed E-state index contributed by atoms with van der Waals surface area (Å²) in [7, 11) is -3.88. The summed E-state index contributed by atoms with van der Waals surface area (Å²) in [6, 6.07) is 17.6. The first-order valence-electron chi connectivity index (χ1n) is 8.40. The molecule has 0 atom stereocenters. The van der Waals surface area contributed by atoms with Crippen molar-refractivity contribution in [3.63, 3.8) is 0 Å². The minimum atomic E-state index is -3.88. The van der Waals surface area contributed by atoms with Crippen LogP contribution in [0.3, 0.4) is 0 Å². The van der Waals surface area contributed by atoms with E-state index in [0.29, 0.717) is 5.69 Å². The smallest absolute Gasteiger partial charge is 0.255 e. The van der Waals surface area contributed by atoms with Crippen LogP contribution in [0.2, 0.25) is 0 Å². The van der Waals surface area contributed by atoms with Crippen molar-refractivity contribution in [1.29, 1.82) is 0 Å². The van der Waals surface area contributed by atoms with Gasteiger partial charge < -0.3 is 5.32 Å². The Morgan fingerprint density at radius 2 is 1.57 bits per heavy atom. The van der Waals surface area contributed by atoms with Crippen LogP contribution < -0.4 is 5.32 Å². The molecular formula is C21H15NO4S2. The molecule has 1 aliphatic heterocycles. The molecule has 1 aliphatic rings. The molecule has 0 fully saturated rings. The molecular weight excluding hydrogens is 394 g/mol. The van der Waals surface area contributed by atoms with Gasteiger partial charge in [0.05, 0.1) is 15.5 Å². The zero-order valence-corrected chi connectivity index (χ0v) is 16.4. The number of benzene rings is 3. The van der Waals surface area contributed by atoms with E-state index < -0.39 is 15.7 Å². The molecule has 1 amide bonds. The van der Waals surface area contributed by atoms with E-state index >= 15 is 0 Å². The van der Waals surface area contributed by atoms with Gasteiger partial charge in [0.25, 0.3) is 5.91 Å². The van der Waals surface area contributed by atoms with Crippen molar-refractivity contribution in [2.75, 3.05) is 11.6 Å². The average Bonchev–Trinajstić information content (AvgIpc) is 2.72. The molecule has 28 heavy (non-hydrogen) atoms. The van der Waals surface area contributed by atoms with Gasteiger partial charge in [-0.05, 0) is 48.7 Å². The Hall–Kier alpha value is -2.90. The maximum absolute atomic E-state index is 13.0. The molecule has 4 rings (SSSR count). The van der Waals surface area contributed by atoms with Crippen LogP contribution in [0.1, 0.15) is 26.3 Å². The number of sulfone groups is 1. The summed E-state index contributed by atoms with van der Waals surface area (Å²) in [5.41, 5.74) is 1.05. The first-order valence-corrected chi connectivity index (χ1v) is 11.1. The fourth-order valence-corrected chi connectivity index (χ4v) is 5.40. The van der Waals surface area contributed by atoms with Gasteiger partial charge in [-0.2, -0.15) is 0 Å². The molecule has 0 bridgehead atoms. The Morgan fingerprint density at radius 1 is 0.893 bits per heavy atom. The Bertz CT molecular complexity index is 1230. The van der Waals surface area contributed by atoms with Gasteiger partial charge in [-0.1, -0.05) is 24.3 Å². The fourth-order valence-electron chi connectivity index (χ4n) is 3.17. The van der Waals surface area contributed by atoms with Gasteiger partial charge in [0.2, 0.25) is 9.84 Å². The Labute approximate surface area is 166 Å². The third kappa shape index (κ3) is 2.93. The van der Waals surface area contributed by atoms with E-state index in [1.54, 1.807) is 18.2 Å². The van der Waals surface area contributed by atoms with E-state index in [1.165, 1.54) is 42.1 Å². The van der Waals surface area contributed by atoms with Gasteiger partial charge >= 0.3 is 0 Å². The summed E-state index contributed by atoms with van der Waals surface area (Å²) in [5.74, 6) is -0.800. The minimum absolute atomic E-state index is 0.0298. The first-order chi connectivity index (χ1) is 13.4. The topological polar surface area (TPSA) is 80.3 Å². The van der Waals surface area contributed by atoms with Crippen LogP contribution in [0.4, 0.5) is 5.69 Å². The van der Waals surface area contributed by atoms with Crippen LogP contribution in [0.25, 0.3) is 0 Å². The molecule has 0 aliphatic carbocycles. The number of hydrogen-bond donors (Lipinski definition) is 1. The first kappa shape index (κ1) is 18.5. The van der Waals surface area contributed by atoms with Gasteiger partial charge in [0.1, 0.15) is 0 Å². The highest BCUT2D eigenvalue weighted by Crippen LogP contribution is 2.35. The highest BCUT2D eigenvalue weighted by molar-refractivity contribution is 7.98. The predicted octanol–water partition coefficient (Wildman–Crippen LogP) is 4.04. The SMILES string of the molecule is CSc1ccccc1NC(=O)c1ccc2c(c1)S(=O)(=O)c1ccccc1C2=O. The highest BCUT2D eigenvalue weighted by Gasteiger charge is 2.35. The molecule has 0 saturated heterocycles. The maximum atomic E-state index is 13.0. The monoisotopic (exact) mass is 409 g/mol. The van der Waals surface area contributed by atoms with E-state index in [9.17, 15) is 18.0 Å². The number of fused-ring (bicyclic) bond motifs is 2. The van der Waals surface area contributed by atoms with Crippen molar-refractivity contribution < 1.29 is 18.0 Å². The van der Waals surface area contributed by atoms with Crippen LogP contribution in [0.15, 0.2) is 81.4 Å².